The third kappa shape index (κ3) is 3.51. The first-order chi connectivity index (χ1) is 7.45. The van der Waals surface area contributed by atoms with E-state index in [2.05, 4.69) is 10.5 Å². The lowest BCUT2D eigenvalue weighted by atomic mass is 9.90. The molecule has 0 bridgehead atoms. The molecule has 0 amide bonds. The molecule has 3 nitrogen and oxygen atoms in total. The lowest BCUT2D eigenvalue weighted by Gasteiger charge is -2.21. The van der Waals surface area contributed by atoms with Crippen LogP contribution in [-0.2, 0) is 4.84 Å². The summed E-state index contributed by atoms with van der Waals surface area (Å²) in [5.41, 5.74) is 2.88. The maximum Gasteiger partial charge on any atom is 0.149 e. The van der Waals surface area contributed by atoms with E-state index in [-0.39, 0.29) is 0 Å². The van der Waals surface area contributed by atoms with E-state index < -0.39 is 0 Å². The Hall–Kier alpha value is -1.09. The van der Waals surface area contributed by atoms with Gasteiger partial charge in [-0.2, -0.15) is 0 Å². The Morgan fingerprint density at radius 3 is 2.87 bits per heavy atom. The van der Waals surface area contributed by atoms with Crippen LogP contribution < -0.4 is 5.48 Å². The smallest absolute Gasteiger partial charge is 0.149 e. The van der Waals surface area contributed by atoms with Gasteiger partial charge < -0.3 is 0 Å². The first-order valence-corrected chi connectivity index (χ1v) is 5.74. The fraction of sp³-hybridized carbons (Fsp3) is 0.583. The van der Waals surface area contributed by atoms with E-state index in [1.807, 2.05) is 18.2 Å². The number of hydrogen-bond acceptors (Lipinski definition) is 3. The van der Waals surface area contributed by atoms with Crippen LogP contribution in [0, 0.1) is 5.92 Å². The molecule has 0 atom stereocenters. The average Bonchev–Trinajstić information content (AvgIpc) is 2.32. The second-order valence-electron chi connectivity index (χ2n) is 4.13. The molecule has 1 fully saturated rings. The van der Waals surface area contributed by atoms with E-state index in [9.17, 15) is 0 Å². The highest BCUT2D eigenvalue weighted by Gasteiger charge is 2.13. The van der Waals surface area contributed by atoms with Crippen LogP contribution in [-0.4, -0.2) is 11.6 Å². The zero-order valence-electron chi connectivity index (χ0n) is 8.98. The summed E-state index contributed by atoms with van der Waals surface area (Å²) in [6, 6.07) is 5.74. The fourth-order valence-electron chi connectivity index (χ4n) is 2.01. The Balaban J connectivity index is 1.66. The fourth-order valence-corrected chi connectivity index (χ4v) is 2.01. The highest BCUT2D eigenvalue weighted by molar-refractivity contribution is 5.29. The van der Waals surface area contributed by atoms with Crippen LogP contribution in [0.5, 0.6) is 0 Å². The summed E-state index contributed by atoms with van der Waals surface area (Å²) in [6.07, 6.45) is 8.49. The van der Waals surface area contributed by atoms with Crippen molar-refractivity contribution in [3.8, 4) is 0 Å². The number of nitrogens with zero attached hydrogens (tertiary/aromatic N) is 1. The molecule has 0 aliphatic heterocycles. The molecule has 2 rings (SSSR count). The van der Waals surface area contributed by atoms with Gasteiger partial charge in [0, 0.05) is 6.20 Å². The van der Waals surface area contributed by atoms with Crippen molar-refractivity contribution in [3.63, 3.8) is 0 Å². The molecule has 0 saturated heterocycles. The number of anilines is 1. The normalized spacial score (nSPS) is 17.6. The van der Waals surface area contributed by atoms with Crippen molar-refractivity contribution in [1.82, 2.24) is 4.98 Å². The van der Waals surface area contributed by atoms with Gasteiger partial charge in [0.05, 0.1) is 6.61 Å². The average molecular weight is 206 g/mol. The number of aromatic nitrogens is 1. The van der Waals surface area contributed by atoms with Gasteiger partial charge in [-0.25, -0.2) is 10.5 Å². The van der Waals surface area contributed by atoms with E-state index in [1.54, 1.807) is 6.20 Å². The van der Waals surface area contributed by atoms with Crippen molar-refractivity contribution in [1.29, 1.82) is 0 Å². The van der Waals surface area contributed by atoms with Gasteiger partial charge in [0.2, 0.25) is 0 Å². The Morgan fingerprint density at radius 1 is 1.27 bits per heavy atom. The molecule has 0 unspecified atom stereocenters. The van der Waals surface area contributed by atoms with E-state index in [0.29, 0.717) is 0 Å². The van der Waals surface area contributed by atoms with Crippen LogP contribution in [0.3, 0.4) is 0 Å². The molecular weight excluding hydrogens is 188 g/mol. The third-order valence-electron chi connectivity index (χ3n) is 2.89. The van der Waals surface area contributed by atoms with Gasteiger partial charge in [-0.15, -0.1) is 0 Å². The monoisotopic (exact) mass is 206 g/mol. The number of rotatable bonds is 4. The number of pyridine rings is 1. The van der Waals surface area contributed by atoms with E-state index in [1.165, 1.54) is 32.1 Å². The molecule has 1 aromatic heterocycles. The standard InChI is InChI=1S/C12H18N2O/c1-2-6-11(7-3-1)10-15-14-12-8-4-5-9-13-12/h4-5,8-9,11H,1-3,6-7,10H2,(H,13,14). The maximum atomic E-state index is 5.45. The van der Waals surface area contributed by atoms with Crippen molar-refractivity contribution >= 4 is 5.82 Å². The summed E-state index contributed by atoms with van der Waals surface area (Å²) in [7, 11) is 0. The minimum atomic E-state index is 0.731. The lowest BCUT2D eigenvalue weighted by Crippen LogP contribution is -2.16. The summed E-state index contributed by atoms with van der Waals surface area (Å²) in [6.45, 7) is 0.802. The molecule has 15 heavy (non-hydrogen) atoms. The minimum absolute atomic E-state index is 0.731. The van der Waals surface area contributed by atoms with Crippen LogP contribution in [0.25, 0.3) is 0 Å². The van der Waals surface area contributed by atoms with Crippen LogP contribution in [0.15, 0.2) is 24.4 Å². The molecule has 1 aromatic rings. The Labute approximate surface area is 90.8 Å². The zero-order valence-corrected chi connectivity index (χ0v) is 8.98. The van der Waals surface area contributed by atoms with E-state index in [0.717, 1.165) is 18.3 Å². The molecule has 0 radical (unpaired) electrons. The van der Waals surface area contributed by atoms with E-state index >= 15 is 0 Å². The van der Waals surface area contributed by atoms with Crippen molar-refractivity contribution in [2.45, 2.75) is 32.1 Å². The maximum absolute atomic E-state index is 5.45. The quantitative estimate of drug-likeness (QED) is 0.769. The van der Waals surface area contributed by atoms with Crippen LogP contribution in [0.4, 0.5) is 5.82 Å². The van der Waals surface area contributed by atoms with Crippen LogP contribution >= 0.6 is 0 Å². The molecule has 1 saturated carbocycles. The molecule has 1 aliphatic rings. The minimum Gasteiger partial charge on any atom is -0.274 e. The molecule has 3 heteroatoms. The molecule has 1 aliphatic carbocycles. The Kier molecular flexibility index (Phi) is 3.97. The molecule has 82 valence electrons. The SMILES string of the molecule is c1ccc(NOCC2CCCCC2)nc1. The van der Waals surface area contributed by atoms with E-state index in [4.69, 9.17) is 4.84 Å². The first-order valence-electron chi connectivity index (χ1n) is 5.74. The molecule has 1 N–H and O–H groups in total. The van der Waals surface area contributed by atoms with Crippen molar-refractivity contribution in [3.05, 3.63) is 24.4 Å². The summed E-state index contributed by atoms with van der Waals surface area (Å²) in [5, 5.41) is 0. The van der Waals surface area contributed by atoms with Gasteiger partial charge in [0.1, 0.15) is 5.82 Å². The second kappa shape index (κ2) is 5.71. The molecule has 1 heterocycles. The van der Waals surface area contributed by atoms with Crippen LogP contribution in [0.1, 0.15) is 32.1 Å². The van der Waals surface area contributed by atoms with Gasteiger partial charge in [-0.05, 0) is 30.9 Å². The topological polar surface area (TPSA) is 34.1 Å². The summed E-state index contributed by atoms with van der Waals surface area (Å²) < 4.78 is 0. The van der Waals surface area contributed by atoms with Gasteiger partial charge >= 0.3 is 0 Å². The van der Waals surface area contributed by atoms with Crippen molar-refractivity contribution in [2.24, 2.45) is 5.92 Å². The number of hydrogen-bond donors (Lipinski definition) is 1. The molecule has 0 aromatic carbocycles. The van der Waals surface area contributed by atoms with Crippen molar-refractivity contribution in [2.75, 3.05) is 12.1 Å². The Morgan fingerprint density at radius 2 is 2.13 bits per heavy atom. The third-order valence-corrected chi connectivity index (χ3v) is 2.89. The first kappa shape index (κ1) is 10.4. The van der Waals surface area contributed by atoms with Gasteiger partial charge in [-0.1, -0.05) is 25.3 Å². The predicted octanol–water partition coefficient (Wildman–Crippen LogP) is 3.01. The van der Waals surface area contributed by atoms with Crippen molar-refractivity contribution < 1.29 is 4.84 Å². The largest absolute Gasteiger partial charge is 0.274 e. The van der Waals surface area contributed by atoms with Gasteiger partial charge in [-0.3, -0.25) is 4.84 Å². The Bertz CT molecular complexity index is 270. The second-order valence-corrected chi connectivity index (χ2v) is 4.13. The lowest BCUT2D eigenvalue weighted by molar-refractivity contribution is 0.127. The molecular formula is C12H18N2O. The van der Waals surface area contributed by atoms with Crippen LogP contribution in [0.2, 0.25) is 0 Å². The summed E-state index contributed by atoms with van der Waals surface area (Å²) in [4.78, 5) is 9.57. The number of nitrogens with one attached hydrogen (secondary N) is 1. The summed E-state index contributed by atoms with van der Waals surface area (Å²) >= 11 is 0. The highest BCUT2D eigenvalue weighted by atomic mass is 16.6. The predicted molar refractivity (Wildman–Crippen MR) is 60.4 cm³/mol. The molecule has 0 spiro atoms. The highest BCUT2D eigenvalue weighted by Crippen LogP contribution is 2.23. The zero-order chi connectivity index (χ0) is 10.3. The van der Waals surface area contributed by atoms with Gasteiger partial charge in [0.25, 0.3) is 0 Å². The van der Waals surface area contributed by atoms with Gasteiger partial charge in [0.15, 0.2) is 0 Å². The summed E-state index contributed by atoms with van der Waals surface area (Å²) in [5.74, 6) is 1.52.